The van der Waals surface area contributed by atoms with Crippen molar-refractivity contribution in [1.82, 2.24) is 9.03 Å². The maximum atomic E-state index is 12.0. The Kier molecular flexibility index (Phi) is 6.85. The lowest BCUT2D eigenvalue weighted by atomic mass is 10.1. The number of nitrogens with zero attached hydrogens (tertiary/aromatic N) is 1. The van der Waals surface area contributed by atoms with Crippen LogP contribution in [0.5, 0.6) is 0 Å². The SMILES string of the molecule is CC(C)CNS(=O)(=O)N(C)Cc1ccc(C#CCN)cc1. The monoisotopic (exact) mass is 309 g/mol. The second-order valence-electron chi connectivity index (χ2n) is 5.21. The number of hydrogen-bond donors (Lipinski definition) is 2. The highest BCUT2D eigenvalue weighted by Gasteiger charge is 2.17. The van der Waals surface area contributed by atoms with Gasteiger partial charge < -0.3 is 5.73 Å². The van der Waals surface area contributed by atoms with Gasteiger partial charge in [0.1, 0.15) is 0 Å². The van der Waals surface area contributed by atoms with E-state index in [0.29, 0.717) is 19.6 Å². The summed E-state index contributed by atoms with van der Waals surface area (Å²) < 4.78 is 27.9. The van der Waals surface area contributed by atoms with E-state index >= 15 is 0 Å². The van der Waals surface area contributed by atoms with Crippen LogP contribution in [0.15, 0.2) is 24.3 Å². The number of benzene rings is 1. The minimum absolute atomic E-state index is 0.272. The van der Waals surface area contributed by atoms with E-state index in [4.69, 9.17) is 5.73 Å². The van der Waals surface area contributed by atoms with Crippen LogP contribution in [0.2, 0.25) is 0 Å². The largest absolute Gasteiger partial charge is 0.320 e. The van der Waals surface area contributed by atoms with Crippen LogP contribution in [0.1, 0.15) is 25.0 Å². The van der Waals surface area contributed by atoms with Gasteiger partial charge in [-0.3, -0.25) is 0 Å². The van der Waals surface area contributed by atoms with Gasteiger partial charge in [-0.05, 0) is 23.6 Å². The molecular weight excluding hydrogens is 286 g/mol. The van der Waals surface area contributed by atoms with Crippen molar-refractivity contribution in [3.05, 3.63) is 35.4 Å². The van der Waals surface area contributed by atoms with Crippen molar-refractivity contribution in [1.29, 1.82) is 0 Å². The summed E-state index contributed by atoms with van der Waals surface area (Å²) >= 11 is 0. The van der Waals surface area contributed by atoms with Crippen LogP contribution in [0.25, 0.3) is 0 Å². The molecule has 1 rings (SSSR count). The van der Waals surface area contributed by atoms with Gasteiger partial charge in [-0.2, -0.15) is 12.7 Å². The van der Waals surface area contributed by atoms with Crippen molar-refractivity contribution >= 4 is 10.2 Å². The van der Waals surface area contributed by atoms with Crippen LogP contribution in [0.3, 0.4) is 0 Å². The highest BCUT2D eigenvalue weighted by Crippen LogP contribution is 2.08. The second-order valence-corrected chi connectivity index (χ2v) is 7.07. The van der Waals surface area contributed by atoms with Gasteiger partial charge in [-0.1, -0.05) is 37.8 Å². The predicted octanol–water partition coefficient (Wildman–Crippen LogP) is 0.919. The Morgan fingerprint density at radius 1 is 1.29 bits per heavy atom. The number of nitrogens with two attached hydrogens (primary N) is 1. The number of nitrogens with one attached hydrogen (secondary N) is 1. The normalized spacial score (nSPS) is 11.5. The van der Waals surface area contributed by atoms with Crippen molar-refractivity contribution in [2.24, 2.45) is 11.7 Å². The third-order valence-electron chi connectivity index (χ3n) is 2.78. The molecule has 0 aromatic heterocycles. The average Bonchev–Trinajstić information content (AvgIpc) is 2.44. The Morgan fingerprint density at radius 3 is 2.43 bits per heavy atom. The highest BCUT2D eigenvalue weighted by molar-refractivity contribution is 7.87. The fraction of sp³-hybridized carbons (Fsp3) is 0.467. The zero-order valence-electron chi connectivity index (χ0n) is 12.8. The Morgan fingerprint density at radius 2 is 1.90 bits per heavy atom. The van der Waals surface area contributed by atoms with E-state index in [9.17, 15) is 8.42 Å². The molecule has 0 heterocycles. The fourth-order valence-electron chi connectivity index (χ4n) is 1.57. The van der Waals surface area contributed by atoms with Gasteiger partial charge in [0.15, 0.2) is 0 Å². The quantitative estimate of drug-likeness (QED) is 0.767. The van der Waals surface area contributed by atoms with E-state index in [-0.39, 0.29) is 5.92 Å². The third kappa shape index (κ3) is 6.27. The third-order valence-corrected chi connectivity index (χ3v) is 4.26. The first-order valence-electron chi connectivity index (χ1n) is 6.84. The lowest BCUT2D eigenvalue weighted by molar-refractivity contribution is 0.449. The summed E-state index contributed by atoms with van der Waals surface area (Å²) in [6, 6.07) is 7.46. The zero-order chi connectivity index (χ0) is 15.9. The smallest absolute Gasteiger partial charge is 0.279 e. The van der Waals surface area contributed by atoms with Crippen LogP contribution in [-0.4, -0.2) is 32.9 Å². The molecule has 1 aromatic carbocycles. The summed E-state index contributed by atoms with van der Waals surface area (Å²) in [4.78, 5) is 0. The van der Waals surface area contributed by atoms with Gasteiger partial charge in [0, 0.05) is 25.7 Å². The van der Waals surface area contributed by atoms with Gasteiger partial charge in [0.25, 0.3) is 10.2 Å². The number of rotatable bonds is 6. The first kappa shape index (κ1) is 17.7. The minimum Gasteiger partial charge on any atom is -0.320 e. The molecule has 0 saturated carbocycles. The molecule has 0 aliphatic rings. The minimum atomic E-state index is -3.44. The molecule has 6 heteroatoms. The fourth-order valence-corrected chi connectivity index (χ4v) is 2.65. The molecule has 0 amide bonds. The highest BCUT2D eigenvalue weighted by atomic mass is 32.2. The van der Waals surface area contributed by atoms with E-state index in [2.05, 4.69) is 16.6 Å². The molecule has 0 bridgehead atoms. The van der Waals surface area contributed by atoms with Crippen LogP contribution >= 0.6 is 0 Å². The summed E-state index contributed by atoms with van der Waals surface area (Å²) in [6.45, 7) is 5.00. The topological polar surface area (TPSA) is 75.4 Å². The summed E-state index contributed by atoms with van der Waals surface area (Å²) in [7, 11) is -1.88. The molecule has 21 heavy (non-hydrogen) atoms. The Hall–Kier alpha value is -1.39. The molecule has 0 atom stereocenters. The van der Waals surface area contributed by atoms with Crippen molar-refractivity contribution in [2.75, 3.05) is 20.1 Å². The van der Waals surface area contributed by atoms with Crippen molar-refractivity contribution < 1.29 is 8.42 Å². The Bertz CT molecular complexity index is 598. The van der Waals surface area contributed by atoms with Crippen molar-refractivity contribution in [2.45, 2.75) is 20.4 Å². The van der Waals surface area contributed by atoms with Crippen LogP contribution < -0.4 is 10.5 Å². The van der Waals surface area contributed by atoms with Gasteiger partial charge >= 0.3 is 0 Å². The van der Waals surface area contributed by atoms with Crippen LogP contribution in [-0.2, 0) is 16.8 Å². The average molecular weight is 309 g/mol. The maximum absolute atomic E-state index is 12.0. The molecule has 3 N–H and O–H groups in total. The van der Waals surface area contributed by atoms with Crippen LogP contribution in [0, 0.1) is 17.8 Å². The van der Waals surface area contributed by atoms with Gasteiger partial charge in [0.2, 0.25) is 0 Å². The molecule has 0 aliphatic carbocycles. The first-order chi connectivity index (χ1) is 9.85. The van der Waals surface area contributed by atoms with Crippen molar-refractivity contribution in [3.8, 4) is 11.8 Å². The standard InChI is InChI=1S/C15H23N3O2S/c1-13(2)11-17-21(19,20)18(3)12-15-8-6-14(7-9-15)5-4-10-16/h6-9,13,17H,10-12,16H2,1-3H3. The molecule has 1 aromatic rings. The molecule has 116 valence electrons. The molecule has 0 saturated heterocycles. The molecule has 0 aliphatic heterocycles. The van der Waals surface area contributed by atoms with E-state index in [1.54, 1.807) is 7.05 Å². The molecule has 0 radical (unpaired) electrons. The van der Waals surface area contributed by atoms with E-state index in [0.717, 1.165) is 11.1 Å². The molecule has 5 nitrogen and oxygen atoms in total. The summed E-state index contributed by atoms with van der Waals surface area (Å²) in [5.41, 5.74) is 7.09. The van der Waals surface area contributed by atoms with Gasteiger partial charge in [-0.15, -0.1) is 0 Å². The van der Waals surface area contributed by atoms with E-state index < -0.39 is 10.2 Å². The van der Waals surface area contributed by atoms with E-state index in [1.165, 1.54) is 4.31 Å². The van der Waals surface area contributed by atoms with E-state index in [1.807, 2.05) is 38.1 Å². The molecule has 0 fully saturated rings. The Labute approximate surface area is 127 Å². The van der Waals surface area contributed by atoms with Gasteiger partial charge in [0.05, 0.1) is 6.54 Å². The molecule has 0 spiro atoms. The maximum Gasteiger partial charge on any atom is 0.279 e. The second kappa shape index (κ2) is 8.15. The summed E-state index contributed by atoms with van der Waals surface area (Å²) in [5.74, 6) is 5.98. The lowest BCUT2D eigenvalue weighted by Gasteiger charge is -2.18. The molecule has 0 unspecified atom stereocenters. The van der Waals surface area contributed by atoms with Gasteiger partial charge in [-0.25, -0.2) is 4.72 Å². The summed E-state index contributed by atoms with van der Waals surface area (Å²) in [5, 5.41) is 0. The van der Waals surface area contributed by atoms with Crippen LogP contribution in [0.4, 0.5) is 0 Å². The van der Waals surface area contributed by atoms with Crippen molar-refractivity contribution in [3.63, 3.8) is 0 Å². The molecular formula is C15H23N3O2S. The number of hydrogen-bond acceptors (Lipinski definition) is 3. The predicted molar refractivity (Wildman–Crippen MR) is 85.6 cm³/mol. The zero-order valence-corrected chi connectivity index (χ0v) is 13.6. The summed E-state index contributed by atoms with van der Waals surface area (Å²) in [6.07, 6.45) is 0. The Balaban J connectivity index is 2.67. The first-order valence-corrected chi connectivity index (χ1v) is 8.28. The lowest BCUT2D eigenvalue weighted by Crippen LogP contribution is -2.39.